The first-order valence-corrected chi connectivity index (χ1v) is 13.8. The average molecular weight is 561 g/mol. The summed E-state index contributed by atoms with van der Waals surface area (Å²) in [6.07, 6.45) is 2.82. The number of hydrogen-bond donors (Lipinski definition) is 0. The van der Waals surface area contributed by atoms with Gasteiger partial charge in [0.2, 0.25) is 5.91 Å². The van der Waals surface area contributed by atoms with Crippen molar-refractivity contribution in [1.29, 1.82) is 0 Å². The fourth-order valence-corrected chi connectivity index (χ4v) is 5.08. The van der Waals surface area contributed by atoms with Crippen LogP contribution in [0.25, 0.3) is 5.69 Å². The number of aromatic nitrogens is 2. The number of rotatable bonds is 9. The number of esters is 2. The second-order valence-corrected chi connectivity index (χ2v) is 9.62. The summed E-state index contributed by atoms with van der Waals surface area (Å²) in [6, 6.07) is 14.1. The quantitative estimate of drug-likeness (QED) is 0.363. The first-order chi connectivity index (χ1) is 19.9. The number of amides is 2. The van der Waals surface area contributed by atoms with Crippen LogP contribution in [0.4, 0.5) is 11.4 Å². The lowest BCUT2D eigenvalue weighted by molar-refractivity contribution is -0.145. The smallest absolute Gasteiger partial charge is 0.359 e. The highest BCUT2D eigenvalue weighted by Gasteiger charge is 2.35. The summed E-state index contributed by atoms with van der Waals surface area (Å²) in [5.41, 5.74) is 2.94. The highest BCUT2D eigenvalue weighted by atomic mass is 16.6. The van der Waals surface area contributed by atoms with Gasteiger partial charge < -0.3 is 24.0 Å². The molecule has 0 bridgehead atoms. The van der Waals surface area contributed by atoms with E-state index in [9.17, 15) is 19.2 Å². The Hall–Kier alpha value is -4.67. The Balaban J connectivity index is 1.43. The van der Waals surface area contributed by atoms with Gasteiger partial charge in [0.25, 0.3) is 5.91 Å². The van der Waals surface area contributed by atoms with Gasteiger partial charge in [-0.25, -0.2) is 14.3 Å². The van der Waals surface area contributed by atoms with Gasteiger partial charge in [-0.1, -0.05) is 0 Å². The predicted octanol–water partition coefficient (Wildman–Crippen LogP) is 3.71. The molecule has 0 unspecified atom stereocenters. The maximum atomic E-state index is 13.9. The molecule has 1 aromatic heterocycles. The van der Waals surface area contributed by atoms with Crippen LogP contribution in [0, 0.1) is 0 Å². The Morgan fingerprint density at radius 3 is 2.12 bits per heavy atom. The highest BCUT2D eigenvalue weighted by Crippen LogP contribution is 2.31. The standard InChI is InChI=1S/C30H32N4O7/c1-3-39-26(36)19-41-23-14-12-22(13-15-23)34-28-24(27(31-34)30(38)40-4-2)16-18-33(29(28)37)21-10-8-20(9-11-21)32-17-6-5-7-25(32)35/h8-15H,3-7,16-19H2,1-2H3. The molecule has 3 aromatic rings. The molecule has 1 fully saturated rings. The van der Waals surface area contributed by atoms with E-state index in [1.54, 1.807) is 47.9 Å². The van der Waals surface area contributed by atoms with Crippen LogP contribution >= 0.6 is 0 Å². The third kappa shape index (κ3) is 5.79. The SMILES string of the molecule is CCOC(=O)COc1ccc(-n2nc(C(=O)OCC)c3c2C(=O)N(c2ccc(N4CCCCC4=O)cc2)CC3)cc1. The van der Waals surface area contributed by atoms with E-state index in [1.807, 2.05) is 24.3 Å². The molecular formula is C30H32N4O7. The molecule has 41 heavy (non-hydrogen) atoms. The van der Waals surface area contributed by atoms with Crippen LogP contribution in [0.1, 0.15) is 59.7 Å². The van der Waals surface area contributed by atoms with E-state index in [0.717, 1.165) is 18.5 Å². The van der Waals surface area contributed by atoms with Gasteiger partial charge in [0.15, 0.2) is 12.3 Å². The number of anilines is 2. The van der Waals surface area contributed by atoms with E-state index in [4.69, 9.17) is 14.2 Å². The molecule has 5 rings (SSSR count). The van der Waals surface area contributed by atoms with Crippen molar-refractivity contribution in [2.45, 2.75) is 39.5 Å². The maximum Gasteiger partial charge on any atom is 0.359 e. The number of carbonyl (C=O) groups excluding carboxylic acids is 4. The second-order valence-electron chi connectivity index (χ2n) is 9.62. The van der Waals surface area contributed by atoms with E-state index in [0.29, 0.717) is 48.6 Å². The molecule has 0 spiro atoms. The number of piperidine rings is 1. The van der Waals surface area contributed by atoms with Gasteiger partial charge in [-0.05, 0) is 81.6 Å². The molecule has 0 N–H and O–H groups in total. The monoisotopic (exact) mass is 560 g/mol. The first kappa shape index (κ1) is 27.9. The lowest BCUT2D eigenvalue weighted by Gasteiger charge is -2.29. The fraction of sp³-hybridized carbons (Fsp3) is 0.367. The minimum absolute atomic E-state index is 0.107. The molecule has 1 saturated heterocycles. The highest BCUT2D eigenvalue weighted by molar-refractivity contribution is 6.09. The van der Waals surface area contributed by atoms with E-state index < -0.39 is 11.9 Å². The molecule has 214 valence electrons. The van der Waals surface area contributed by atoms with Crippen molar-refractivity contribution >= 4 is 35.1 Å². The summed E-state index contributed by atoms with van der Waals surface area (Å²) in [6.45, 7) is 4.69. The van der Waals surface area contributed by atoms with Crippen molar-refractivity contribution in [3.63, 3.8) is 0 Å². The van der Waals surface area contributed by atoms with Crippen molar-refractivity contribution in [3.8, 4) is 11.4 Å². The van der Waals surface area contributed by atoms with Crippen molar-refractivity contribution in [2.24, 2.45) is 0 Å². The number of fused-ring (bicyclic) bond motifs is 1. The summed E-state index contributed by atoms with van der Waals surface area (Å²) < 4.78 is 17.0. The number of carbonyl (C=O) groups is 4. The molecule has 0 saturated carbocycles. The van der Waals surface area contributed by atoms with Gasteiger partial charge >= 0.3 is 11.9 Å². The summed E-state index contributed by atoms with van der Waals surface area (Å²) in [5, 5.41) is 4.51. The maximum absolute atomic E-state index is 13.9. The van der Waals surface area contributed by atoms with Crippen molar-refractivity contribution in [2.75, 3.05) is 42.7 Å². The van der Waals surface area contributed by atoms with E-state index >= 15 is 0 Å². The van der Waals surface area contributed by atoms with Crippen LogP contribution in [0.2, 0.25) is 0 Å². The topological polar surface area (TPSA) is 120 Å². The third-order valence-electron chi connectivity index (χ3n) is 7.03. The third-order valence-corrected chi connectivity index (χ3v) is 7.03. The Kier molecular flexibility index (Phi) is 8.32. The van der Waals surface area contributed by atoms with Crippen molar-refractivity contribution in [1.82, 2.24) is 9.78 Å². The molecule has 0 aliphatic carbocycles. The summed E-state index contributed by atoms with van der Waals surface area (Å²) >= 11 is 0. The van der Waals surface area contributed by atoms with Gasteiger partial charge in [0.05, 0.1) is 18.9 Å². The van der Waals surface area contributed by atoms with Gasteiger partial charge in [0, 0.05) is 36.4 Å². The Morgan fingerprint density at radius 1 is 0.805 bits per heavy atom. The molecule has 2 aliphatic rings. The number of nitrogens with zero attached hydrogens (tertiary/aromatic N) is 4. The van der Waals surface area contributed by atoms with Crippen molar-refractivity contribution < 1.29 is 33.4 Å². The number of ether oxygens (including phenoxy) is 3. The van der Waals surface area contributed by atoms with Crippen LogP contribution < -0.4 is 14.5 Å². The summed E-state index contributed by atoms with van der Waals surface area (Å²) in [7, 11) is 0. The molecule has 2 aromatic carbocycles. The molecule has 2 amide bonds. The molecule has 0 atom stereocenters. The Morgan fingerprint density at radius 2 is 1.46 bits per heavy atom. The van der Waals surface area contributed by atoms with Crippen LogP contribution in [0.3, 0.4) is 0 Å². The zero-order valence-corrected chi connectivity index (χ0v) is 23.1. The zero-order valence-electron chi connectivity index (χ0n) is 23.1. The number of hydrogen-bond acceptors (Lipinski definition) is 8. The van der Waals surface area contributed by atoms with Gasteiger partial charge in [-0.3, -0.25) is 9.59 Å². The van der Waals surface area contributed by atoms with Crippen LogP contribution in [0.15, 0.2) is 48.5 Å². The lowest BCUT2D eigenvalue weighted by atomic mass is 10.0. The molecule has 11 heteroatoms. The minimum atomic E-state index is -0.589. The molecule has 3 heterocycles. The van der Waals surface area contributed by atoms with E-state index in [1.165, 1.54) is 4.68 Å². The summed E-state index contributed by atoms with van der Waals surface area (Å²) in [4.78, 5) is 54.1. The predicted molar refractivity (Wildman–Crippen MR) is 150 cm³/mol. The average Bonchev–Trinajstić information content (AvgIpc) is 3.38. The Bertz CT molecular complexity index is 1450. The molecular weight excluding hydrogens is 528 g/mol. The summed E-state index contributed by atoms with van der Waals surface area (Å²) in [5.74, 6) is -0.824. The zero-order chi connectivity index (χ0) is 28.9. The number of benzene rings is 2. The molecule has 11 nitrogen and oxygen atoms in total. The molecule has 0 radical (unpaired) electrons. The van der Waals surface area contributed by atoms with Crippen LogP contribution in [0.5, 0.6) is 5.75 Å². The van der Waals surface area contributed by atoms with Gasteiger partial charge in [-0.2, -0.15) is 5.10 Å². The van der Waals surface area contributed by atoms with Crippen LogP contribution in [-0.2, 0) is 25.5 Å². The first-order valence-electron chi connectivity index (χ1n) is 13.8. The minimum Gasteiger partial charge on any atom is -0.482 e. The van der Waals surface area contributed by atoms with E-state index in [-0.39, 0.29) is 43.0 Å². The van der Waals surface area contributed by atoms with Crippen molar-refractivity contribution in [3.05, 3.63) is 65.5 Å². The molecule has 2 aliphatic heterocycles. The largest absolute Gasteiger partial charge is 0.482 e. The van der Waals surface area contributed by atoms with Gasteiger partial charge in [-0.15, -0.1) is 0 Å². The normalized spacial score (nSPS) is 15.0. The van der Waals surface area contributed by atoms with E-state index in [2.05, 4.69) is 5.10 Å². The Labute approximate surface area is 237 Å². The fourth-order valence-electron chi connectivity index (χ4n) is 5.08. The van der Waals surface area contributed by atoms with Crippen LogP contribution in [-0.4, -0.2) is 66.4 Å². The lowest BCUT2D eigenvalue weighted by Crippen LogP contribution is -2.39. The second kappa shape index (κ2) is 12.2. The van der Waals surface area contributed by atoms with Gasteiger partial charge in [0.1, 0.15) is 11.4 Å².